The molecular formula is C13H15NO4. The fourth-order valence-corrected chi connectivity index (χ4v) is 1.74. The molecule has 1 atom stereocenters. The van der Waals surface area contributed by atoms with Gasteiger partial charge in [0, 0.05) is 0 Å². The fraction of sp³-hybridized carbons (Fsp3) is 0.308. The second-order valence-corrected chi connectivity index (χ2v) is 3.86. The predicted octanol–water partition coefficient (Wildman–Crippen LogP) is 1.54. The van der Waals surface area contributed by atoms with E-state index in [4.69, 9.17) is 14.2 Å². The first kappa shape index (κ1) is 12.3. The van der Waals surface area contributed by atoms with Crippen molar-refractivity contribution >= 4 is 12.0 Å². The van der Waals surface area contributed by atoms with Crippen LogP contribution in [-0.2, 0) is 9.53 Å². The summed E-state index contributed by atoms with van der Waals surface area (Å²) >= 11 is 0. The Morgan fingerprint density at radius 2 is 2.00 bits per heavy atom. The quantitative estimate of drug-likeness (QED) is 0.650. The molecule has 1 aliphatic rings. The molecular weight excluding hydrogens is 234 g/mol. The lowest BCUT2D eigenvalue weighted by Crippen LogP contribution is -2.16. The normalized spacial score (nSPS) is 20.5. The minimum atomic E-state index is -0.350. The summed E-state index contributed by atoms with van der Waals surface area (Å²) in [6.45, 7) is 1.77. The fourth-order valence-electron chi connectivity index (χ4n) is 1.74. The lowest BCUT2D eigenvalue weighted by molar-refractivity contribution is -0.138. The molecule has 0 aromatic heterocycles. The van der Waals surface area contributed by atoms with Gasteiger partial charge in [-0.2, -0.15) is 0 Å². The molecule has 0 spiro atoms. The Morgan fingerprint density at radius 1 is 1.28 bits per heavy atom. The van der Waals surface area contributed by atoms with Crippen molar-refractivity contribution in [3.05, 3.63) is 29.5 Å². The maximum Gasteiger partial charge on any atom is 0.356 e. The standard InChI is InChI=1S/C13H15NO4/c1-8-14-10(13(15)18-8)6-9-4-5-11(16-2)12(7-9)17-3/h4-8,14H,1-3H3/b10-6+. The lowest BCUT2D eigenvalue weighted by atomic mass is 10.1. The van der Waals surface area contributed by atoms with Gasteiger partial charge in [-0.3, -0.25) is 0 Å². The molecule has 0 radical (unpaired) electrons. The smallest absolute Gasteiger partial charge is 0.356 e. The predicted molar refractivity (Wildman–Crippen MR) is 66.2 cm³/mol. The highest BCUT2D eigenvalue weighted by atomic mass is 16.6. The van der Waals surface area contributed by atoms with E-state index in [1.165, 1.54) is 0 Å². The molecule has 1 aromatic carbocycles. The highest BCUT2D eigenvalue weighted by molar-refractivity contribution is 5.94. The van der Waals surface area contributed by atoms with Crippen LogP contribution < -0.4 is 14.8 Å². The van der Waals surface area contributed by atoms with Crippen molar-refractivity contribution in [2.24, 2.45) is 0 Å². The molecule has 18 heavy (non-hydrogen) atoms. The minimum absolute atomic E-state index is 0.288. The molecule has 0 amide bonds. The monoisotopic (exact) mass is 249 g/mol. The maximum atomic E-state index is 11.5. The number of carbonyl (C=O) groups excluding carboxylic acids is 1. The van der Waals surface area contributed by atoms with Crippen molar-refractivity contribution in [1.82, 2.24) is 5.32 Å². The van der Waals surface area contributed by atoms with Crippen LogP contribution in [0, 0.1) is 0 Å². The molecule has 0 bridgehead atoms. The van der Waals surface area contributed by atoms with Gasteiger partial charge in [0.05, 0.1) is 14.2 Å². The van der Waals surface area contributed by atoms with Crippen molar-refractivity contribution in [3.63, 3.8) is 0 Å². The number of cyclic esters (lactones) is 1. The van der Waals surface area contributed by atoms with E-state index >= 15 is 0 Å². The van der Waals surface area contributed by atoms with Gasteiger partial charge < -0.3 is 19.5 Å². The van der Waals surface area contributed by atoms with Crippen molar-refractivity contribution in [2.45, 2.75) is 13.2 Å². The molecule has 0 aliphatic carbocycles. The second-order valence-electron chi connectivity index (χ2n) is 3.86. The van der Waals surface area contributed by atoms with Gasteiger partial charge in [0.25, 0.3) is 0 Å². The van der Waals surface area contributed by atoms with E-state index in [1.807, 2.05) is 6.07 Å². The Balaban J connectivity index is 2.29. The number of rotatable bonds is 3. The first-order chi connectivity index (χ1) is 8.63. The molecule has 1 fully saturated rings. The highest BCUT2D eigenvalue weighted by Gasteiger charge is 2.24. The van der Waals surface area contributed by atoms with Crippen molar-refractivity contribution in [3.8, 4) is 11.5 Å². The van der Waals surface area contributed by atoms with E-state index in [2.05, 4.69) is 5.32 Å². The summed E-state index contributed by atoms with van der Waals surface area (Å²) in [4.78, 5) is 11.5. The van der Waals surface area contributed by atoms with Crippen LogP contribution in [-0.4, -0.2) is 26.4 Å². The van der Waals surface area contributed by atoms with Gasteiger partial charge in [-0.1, -0.05) is 6.07 Å². The zero-order valence-electron chi connectivity index (χ0n) is 10.5. The Hall–Kier alpha value is -2.17. The van der Waals surface area contributed by atoms with Crippen molar-refractivity contribution in [1.29, 1.82) is 0 Å². The van der Waals surface area contributed by atoms with Crippen LogP contribution in [0.2, 0.25) is 0 Å². The second kappa shape index (κ2) is 5.00. The van der Waals surface area contributed by atoms with Gasteiger partial charge in [-0.25, -0.2) is 4.79 Å². The molecule has 5 heteroatoms. The molecule has 1 unspecified atom stereocenters. The Kier molecular flexibility index (Phi) is 3.41. The zero-order chi connectivity index (χ0) is 13.1. The van der Waals surface area contributed by atoms with Crippen LogP contribution in [0.1, 0.15) is 12.5 Å². The van der Waals surface area contributed by atoms with Gasteiger partial charge in [-0.05, 0) is 30.7 Å². The molecule has 2 rings (SSSR count). The highest BCUT2D eigenvalue weighted by Crippen LogP contribution is 2.28. The van der Waals surface area contributed by atoms with E-state index in [0.717, 1.165) is 5.56 Å². The number of esters is 1. The largest absolute Gasteiger partial charge is 0.493 e. The molecule has 96 valence electrons. The number of nitrogens with one attached hydrogen (secondary N) is 1. The summed E-state index contributed by atoms with van der Waals surface area (Å²) in [5.41, 5.74) is 1.27. The van der Waals surface area contributed by atoms with Crippen LogP contribution in [0.4, 0.5) is 0 Å². The van der Waals surface area contributed by atoms with E-state index in [9.17, 15) is 4.79 Å². The average molecular weight is 249 g/mol. The van der Waals surface area contributed by atoms with Gasteiger partial charge in [0.2, 0.25) is 0 Å². The van der Waals surface area contributed by atoms with Gasteiger partial charge in [0.1, 0.15) is 5.70 Å². The Bertz CT molecular complexity index is 496. The summed E-state index contributed by atoms with van der Waals surface area (Å²) in [5, 5.41) is 2.94. The average Bonchev–Trinajstić information content (AvgIpc) is 2.67. The van der Waals surface area contributed by atoms with Crippen LogP contribution in [0.25, 0.3) is 6.08 Å². The van der Waals surface area contributed by atoms with E-state index < -0.39 is 0 Å². The summed E-state index contributed by atoms with van der Waals surface area (Å²) < 4.78 is 15.3. The van der Waals surface area contributed by atoms with Gasteiger partial charge in [-0.15, -0.1) is 0 Å². The SMILES string of the molecule is COc1ccc(/C=C2/NC(C)OC2=O)cc1OC. The number of carbonyl (C=O) groups is 1. The number of hydrogen-bond donors (Lipinski definition) is 1. The molecule has 1 aliphatic heterocycles. The van der Waals surface area contributed by atoms with Crippen molar-refractivity contribution < 1.29 is 19.0 Å². The maximum absolute atomic E-state index is 11.5. The molecule has 5 nitrogen and oxygen atoms in total. The molecule has 0 saturated carbocycles. The summed E-state index contributed by atoms with van der Waals surface area (Å²) in [7, 11) is 3.15. The van der Waals surface area contributed by atoms with Crippen LogP contribution >= 0.6 is 0 Å². The van der Waals surface area contributed by atoms with Gasteiger partial charge >= 0.3 is 5.97 Å². The Labute approximate surface area is 105 Å². The summed E-state index contributed by atoms with van der Waals surface area (Å²) in [6.07, 6.45) is 1.43. The number of ether oxygens (including phenoxy) is 3. The number of hydrogen-bond acceptors (Lipinski definition) is 5. The number of methoxy groups -OCH3 is 2. The third-order valence-electron chi connectivity index (χ3n) is 2.58. The van der Waals surface area contributed by atoms with Crippen LogP contribution in [0.15, 0.2) is 23.9 Å². The minimum Gasteiger partial charge on any atom is -0.493 e. The third-order valence-corrected chi connectivity index (χ3v) is 2.58. The molecule has 1 saturated heterocycles. The van der Waals surface area contributed by atoms with E-state index in [0.29, 0.717) is 17.2 Å². The first-order valence-electron chi connectivity index (χ1n) is 5.55. The third kappa shape index (κ3) is 2.40. The van der Waals surface area contributed by atoms with Gasteiger partial charge in [0.15, 0.2) is 17.7 Å². The van der Waals surface area contributed by atoms with E-state index in [1.54, 1.807) is 39.4 Å². The Morgan fingerprint density at radius 3 is 2.56 bits per heavy atom. The lowest BCUT2D eigenvalue weighted by Gasteiger charge is -2.07. The van der Waals surface area contributed by atoms with Crippen molar-refractivity contribution in [2.75, 3.05) is 14.2 Å². The summed E-state index contributed by atoms with van der Waals surface area (Å²) in [6, 6.07) is 5.42. The topological polar surface area (TPSA) is 56.8 Å². The van der Waals surface area contributed by atoms with Crippen LogP contribution in [0.5, 0.6) is 11.5 Å². The van der Waals surface area contributed by atoms with E-state index in [-0.39, 0.29) is 12.2 Å². The summed E-state index contributed by atoms with van der Waals surface area (Å²) in [5.74, 6) is 0.915. The molecule has 1 aromatic rings. The zero-order valence-corrected chi connectivity index (χ0v) is 10.5. The van der Waals surface area contributed by atoms with Crippen LogP contribution in [0.3, 0.4) is 0 Å². The molecule has 1 N–H and O–H groups in total. The molecule has 1 heterocycles. The number of benzene rings is 1. The first-order valence-corrected chi connectivity index (χ1v) is 5.55.